The molecule has 0 heterocycles. The summed E-state index contributed by atoms with van der Waals surface area (Å²) in [6.45, 7) is 2.04. The smallest absolute Gasteiger partial charge is 0.272 e. The van der Waals surface area contributed by atoms with Crippen LogP contribution in [0.15, 0.2) is 23.3 Å². The van der Waals surface area contributed by atoms with Crippen LogP contribution in [0.4, 0.5) is 17.1 Å². The molecule has 2 atom stereocenters. The monoisotopic (exact) mass is 345 g/mol. The number of nitriles is 1. The first-order valence-electron chi connectivity index (χ1n) is 8.07. The van der Waals surface area contributed by atoms with Crippen molar-refractivity contribution in [1.29, 1.82) is 5.26 Å². The molecule has 0 aromatic heterocycles. The molecule has 0 spiro atoms. The lowest BCUT2D eigenvalue weighted by Gasteiger charge is -2.28. The summed E-state index contributed by atoms with van der Waals surface area (Å²) in [5.74, 6) is 0.398. The Bertz CT molecular complexity index is 741. The highest BCUT2D eigenvalue weighted by atomic mass is 16.6. The van der Waals surface area contributed by atoms with E-state index >= 15 is 0 Å². The molecule has 0 radical (unpaired) electrons. The number of rotatable bonds is 6. The Morgan fingerprint density at radius 2 is 2.08 bits per heavy atom. The Kier molecular flexibility index (Phi) is 6.00. The first-order chi connectivity index (χ1) is 11.9. The van der Waals surface area contributed by atoms with Crippen LogP contribution >= 0.6 is 0 Å². The fourth-order valence-electron chi connectivity index (χ4n) is 3.11. The van der Waals surface area contributed by atoms with Crippen molar-refractivity contribution in [2.45, 2.75) is 39.0 Å². The van der Waals surface area contributed by atoms with Gasteiger partial charge in [-0.3, -0.25) is 25.7 Å². The van der Waals surface area contributed by atoms with Crippen LogP contribution in [-0.4, -0.2) is 15.6 Å². The molecular formula is C16H19N5O4. The van der Waals surface area contributed by atoms with Crippen molar-refractivity contribution in [1.82, 2.24) is 0 Å². The fourth-order valence-corrected chi connectivity index (χ4v) is 3.11. The molecule has 9 nitrogen and oxygen atoms in total. The van der Waals surface area contributed by atoms with Gasteiger partial charge in [0.05, 0.1) is 22.0 Å². The van der Waals surface area contributed by atoms with E-state index in [1.54, 1.807) is 0 Å². The SMILES string of the molecule is C[C@@H]1CCC[C@H](CCC#N)C1=NNc1ccc([N+](=O)[O-])cc1[N+](=O)[O-]. The zero-order valence-corrected chi connectivity index (χ0v) is 13.8. The highest BCUT2D eigenvalue weighted by molar-refractivity contribution is 5.90. The maximum atomic E-state index is 11.2. The predicted octanol–water partition coefficient (Wildman–Crippen LogP) is 4.01. The van der Waals surface area contributed by atoms with Crippen LogP contribution in [0.2, 0.25) is 0 Å². The third-order valence-electron chi connectivity index (χ3n) is 4.41. The summed E-state index contributed by atoms with van der Waals surface area (Å²) in [4.78, 5) is 20.6. The first-order valence-corrected chi connectivity index (χ1v) is 8.07. The minimum Gasteiger partial charge on any atom is -0.272 e. The summed E-state index contributed by atoms with van der Waals surface area (Å²) in [6.07, 6.45) is 4.13. The maximum absolute atomic E-state index is 11.2. The Labute approximate surface area is 144 Å². The Morgan fingerprint density at radius 3 is 2.72 bits per heavy atom. The standard InChI is InChI=1S/C16H19N5O4/c1-11-4-2-5-12(6-3-9-17)16(11)19-18-14-8-7-13(20(22)23)10-15(14)21(24)25/h7-8,10-12,18H,2-6H2,1H3/t11-,12-/m1/s1. The van der Waals surface area contributed by atoms with Crippen LogP contribution in [0, 0.1) is 43.4 Å². The summed E-state index contributed by atoms with van der Waals surface area (Å²) >= 11 is 0. The Balaban J connectivity index is 2.27. The average molecular weight is 345 g/mol. The number of hydrazone groups is 1. The number of nitro groups is 2. The van der Waals surface area contributed by atoms with Gasteiger partial charge in [-0.1, -0.05) is 13.3 Å². The maximum Gasteiger partial charge on any atom is 0.301 e. The number of non-ortho nitro benzene ring substituents is 1. The van der Waals surface area contributed by atoms with E-state index in [2.05, 4.69) is 16.6 Å². The van der Waals surface area contributed by atoms with Crippen molar-refractivity contribution in [3.63, 3.8) is 0 Å². The van der Waals surface area contributed by atoms with Gasteiger partial charge < -0.3 is 0 Å². The largest absolute Gasteiger partial charge is 0.301 e. The summed E-state index contributed by atoms with van der Waals surface area (Å²) in [5, 5.41) is 35.1. The van der Waals surface area contributed by atoms with Gasteiger partial charge in [0.2, 0.25) is 0 Å². The zero-order valence-electron chi connectivity index (χ0n) is 13.8. The summed E-state index contributed by atoms with van der Waals surface area (Å²) < 4.78 is 0. The molecule has 132 valence electrons. The molecule has 0 bridgehead atoms. The molecule has 1 saturated carbocycles. The molecule has 1 aliphatic carbocycles. The van der Waals surface area contributed by atoms with E-state index in [9.17, 15) is 20.2 Å². The number of nitrogens with one attached hydrogen (secondary N) is 1. The second-order valence-corrected chi connectivity index (χ2v) is 6.09. The van der Waals surface area contributed by atoms with Crippen LogP contribution in [0.25, 0.3) is 0 Å². The van der Waals surface area contributed by atoms with Crippen molar-refractivity contribution < 1.29 is 9.85 Å². The van der Waals surface area contributed by atoms with Gasteiger partial charge in [0.25, 0.3) is 5.69 Å². The van der Waals surface area contributed by atoms with Gasteiger partial charge in [-0.25, -0.2) is 0 Å². The van der Waals surface area contributed by atoms with E-state index in [-0.39, 0.29) is 23.2 Å². The molecule has 0 amide bonds. The molecule has 1 N–H and O–H groups in total. The van der Waals surface area contributed by atoms with Crippen LogP contribution in [0.5, 0.6) is 0 Å². The lowest BCUT2D eigenvalue weighted by Crippen LogP contribution is -2.27. The summed E-state index contributed by atoms with van der Waals surface area (Å²) in [6, 6.07) is 5.54. The van der Waals surface area contributed by atoms with Gasteiger partial charge in [0.15, 0.2) is 0 Å². The molecule has 1 aromatic carbocycles. The van der Waals surface area contributed by atoms with Gasteiger partial charge in [0.1, 0.15) is 5.69 Å². The van der Waals surface area contributed by atoms with Crippen molar-refractivity contribution in [2.24, 2.45) is 16.9 Å². The van der Waals surface area contributed by atoms with E-state index < -0.39 is 15.5 Å². The molecular weight excluding hydrogens is 326 g/mol. The Hall–Kier alpha value is -3.02. The van der Waals surface area contributed by atoms with Crippen molar-refractivity contribution >= 4 is 22.8 Å². The van der Waals surface area contributed by atoms with Crippen molar-refractivity contribution in [3.8, 4) is 6.07 Å². The minimum absolute atomic E-state index is 0.111. The highest BCUT2D eigenvalue weighted by Gasteiger charge is 2.27. The highest BCUT2D eigenvalue weighted by Crippen LogP contribution is 2.32. The van der Waals surface area contributed by atoms with Gasteiger partial charge in [-0.2, -0.15) is 10.4 Å². The van der Waals surface area contributed by atoms with Crippen molar-refractivity contribution in [2.75, 3.05) is 5.43 Å². The van der Waals surface area contributed by atoms with Gasteiger partial charge >= 0.3 is 5.69 Å². The number of anilines is 1. The van der Waals surface area contributed by atoms with E-state index in [1.165, 1.54) is 12.1 Å². The van der Waals surface area contributed by atoms with Crippen LogP contribution in [-0.2, 0) is 0 Å². The summed E-state index contributed by atoms with van der Waals surface area (Å²) in [5.41, 5.74) is 2.98. The predicted molar refractivity (Wildman–Crippen MR) is 92.2 cm³/mol. The second-order valence-electron chi connectivity index (χ2n) is 6.09. The third-order valence-corrected chi connectivity index (χ3v) is 4.41. The molecule has 0 saturated heterocycles. The van der Waals surface area contributed by atoms with E-state index in [0.29, 0.717) is 12.8 Å². The lowest BCUT2D eigenvalue weighted by molar-refractivity contribution is -0.393. The fraction of sp³-hybridized carbons (Fsp3) is 0.500. The topological polar surface area (TPSA) is 134 Å². The quantitative estimate of drug-likeness (QED) is 0.611. The molecule has 25 heavy (non-hydrogen) atoms. The van der Waals surface area contributed by atoms with Crippen LogP contribution < -0.4 is 5.43 Å². The normalized spacial score (nSPS) is 21.5. The van der Waals surface area contributed by atoms with Crippen LogP contribution in [0.1, 0.15) is 39.0 Å². The third kappa shape index (κ3) is 4.50. The molecule has 0 unspecified atom stereocenters. The molecule has 2 rings (SSSR count). The number of hydrogen-bond donors (Lipinski definition) is 1. The zero-order chi connectivity index (χ0) is 18.4. The van der Waals surface area contributed by atoms with Gasteiger partial charge in [-0.15, -0.1) is 0 Å². The van der Waals surface area contributed by atoms with E-state index in [4.69, 9.17) is 5.26 Å². The first kappa shape index (κ1) is 18.3. The Morgan fingerprint density at radius 1 is 1.32 bits per heavy atom. The van der Waals surface area contributed by atoms with Gasteiger partial charge in [0, 0.05) is 24.1 Å². The molecule has 1 fully saturated rings. The molecule has 0 aliphatic heterocycles. The van der Waals surface area contributed by atoms with E-state index in [0.717, 1.165) is 31.0 Å². The number of hydrogen-bond acceptors (Lipinski definition) is 7. The number of nitro benzene ring substituents is 2. The minimum atomic E-state index is -0.677. The van der Waals surface area contributed by atoms with Crippen molar-refractivity contribution in [3.05, 3.63) is 38.4 Å². The number of benzene rings is 1. The van der Waals surface area contributed by atoms with Gasteiger partial charge in [-0.05, 0) is 31.2 Å². The molecule has 1 aliphatic rings. The summed E-state index contributed by atoms with van der Waals surface area (Å²) in [7, 11) is 0. The second kappa shape index (κ2) is 8.19. The average Bonchev–Trinajstić information content (AvgIpc) is 2.58. The molecule has 9 heteroatoms. The molecule has 1 aromatic rings. The lowest BCUT2D eigenvalue weighted by atomic mass is 9.78. The number of nitrogens with zero attached hydrogens (tertiary/aromatic N) is 4. The van der Waals surface area contributed by atoms with E-state index in [1.807, 2.05) is 6.92 Å². The van der Waals surface area contributed by atoms with Crippen LogP contribution in [0.3, 0.4) is 0 Å².